The molecule has 28 heavy (non-hydrogen) atoms. The van der Waals surface area contributed by atoms with Gasteiger partial charge in [-0.1, -0.05) is 97.1 Å². The molecule has 0 unspecified atom stereocenters. The number of fused-ring (bicyclic) bond motifs is 8. The molecule has 0 fully saturated rings. The lowest BCUT2D eigenvalue weighted by molar-refractivity contribution is 0.520. The maximum absolute atomic E-state index is 2.37. The Labute approximate surface area is 166 Å². The fourth-order valence-electron chi connectivity index (χ4n) is 5.52. The minimum Gasteiger partial charge on any atom is -0.0622 e. The van der Waals surface area contributed by atoms with Crippen LogP contribution in [0.3, 0.4) is 0 Å². The first kappa shape index (κ1) is 15.9. The van der Waals surface area contributed by atoms with Crippen LogP contribution >= 0.6 is 0 Å². The van der Waals surface area contributed by atoms with E-state index in [1.807, 2.05) is 0 Å². The van der Waals surface area contributed by atoms with Gasteiger partial charge in [-0.2, -0.15) is 0 Å². The van der Waals surface area contributed by atoms with Crippen LogP contribution < -0.4 is 0 Å². The van der Waals surface area contributed by atoms with E-state index in [0.29, 0.717) is 11.8 Å². The minimum atomic E-state index is 0.436. The predicted molar refractivity (Wildman–Crippen MR) is 117 cm³/mol. The molecule has 4 aromatic rings. The third-order valence-electron chi connectivity index (χ3n) is 6.67. The highest BCUT2D eigenvalue weighted by atomic mass is 14.4. The molecular weight excluding hydrogens is 336 g/mol. The maximum atomic E-state index is 2.37. The van der Waals surface area contributed by atoms with Crippen molar-refractivity contribution in [3.63, 3.8) is 0 Å². The van der Waals surface area contributed by atoms with Crippen molar-refractivity contribution in [1.82, 2.24) is 0 Å². The third-order valence-corrected chi connectivity index (χ3v) is 6.67. The molecule has 0 amide bonds. The van der Waals surface area contributed by atoms with Crippen LogP contribution in [0.5, 0.6) is 0 Å². The summed E-state index contributed by atoms with van der Waals surface area (Å²) >= 11 is 0. The van der Waals surface area contributed by atoms with Crippen LogP contribution in [-0.4, -0.2) is 0 Å². The number of hydrogen-bond donors (Lipinski definition) is 0. The van der Waals surface area contributed by atoms with Gasteiger partial charge in [0.2, 0.25) is 0 Å². The summed E-state index contributed by atoms with van der Waals surface area (Å²) in [4.78, 5) is 0. The van der Waals surface area contributed by atoms with E-state index in [-0.39, 0.29) is 0 Å². The van der Waals surface area contributed by atoms with Crippen molar-refractivity contribution in [3.8, 4) is 22.3 Å². The van der Waals surface area contributed by atoms with Crippen molar-refractivity contribution in [3.05, 3.63) is 119 Å². The van der Waals surface area contributed by atoms with Gasteiger partial charge in [-0.25, -0.2) is 0 Å². The average molecular weight is 358 g/mol. The summed E-state index contributed by atoms with van der Waals surface area (Å²) in [5.74, 6) is 0.995. The van der Waals surface area contributed by atoms with Crippen molar-refractivity contribution in [2.45, 2.75) is 24.7 Å². The van der Waals surface area contributed by atoms with Gasteiger partial charge in [-0.05, 0) is 63.3 Å². The predicted octanol–water partition coefficient (Wildman–Crippen LogP) is 7.20. The lowest BCUT2D eigenvalue weighted by Gasteiger charge is -2.41. The van der Waals surface area contributed by atoms with Crippen LogP contribution in [-0.2, 0) is 6.42 Å². The normalized spacial score (nSPS) is 19.1. The highest BCUT2D eigenvalue weighted by molar-refractivity contribution is 5.84. The first-order valence-corrected chi connectivity index (χ1v) is 10.3. The van der Waals surface area contributed by atoms with Gasteiger partial charge in [0.05, 0.1) is 0 Å². The summed E-state index contributed by atoms with van der Waals surface area (Å²) < 4.78 is 0. The lowest BCUT2D eigenvalue weighted by Crippen LogP contribution is -2.25. The third kappa shape index (κ3) is 2.24. The van der Waals surface area contributed by atoms with E-state index in [1.165, 1.54) is 57.3 Å². The monoisotopic (exact) mass is 358 g/mol. The van der Waals surface area contributed by atoms with Crippen molar-refractivity contribution < 1.29 is 0 Å². The smallest absolute Gasteiger partial charge is 0.0173 e. The van der Waals surface area contributed by atoms with Gasteiger partial charge < -0.3 is 0 Å². The van der Waals surface area contributed by atoms with Crippen LogP contribution in [0.1, 0.15) is 40.5 Å². The van der Waals surface area contributed by atoms with Crippen LogP contribution in [0.15, 0.2) is 97.1 Å². The van der Waals surface area contributed by atoms with E-state index < -0.39 is 0 Å². The summed E-state index contributed by atoms with van der Waals surface area (Å²) in [5.41, 5.74) is 11.6. The second-order valence-electron chi connectivity index (χ2n) is 8.04. The summed E-state index contributed by atoms with van der Waals surface area (Å²) in [6.07, 6.45) is 2.40. The molecule has 134 valence electrons. The van der Waals surface area contributed by atoms with Crippen molar-refractivity contribution in [2.24, 2.45) is 0 Å². The molecule has 0 nitrogen and oxygen atoms in total. The van der Waals surface area contributed by atoms with Gasteiger partial charge >= 0.3 is 0 Å². The Hall–Kier alpha value is -3.12. The summed E-state index contributed by atoms with van der Waals surface area (Å²) in [6, 6.07) is 36.0. The highest BCUT2D eigenvalue weighted by Gasteiger charge is 2.39. The fraction of sp³-hybridized carbons (Fsp3) is 0.143. The summed E-state index contributed by atoms with van der Waals surface area (Å²) in [5, 5.41) is 0. The summed E-state index contributed by atoms with van der Waals surface area (Å²) in [6.45, 7) is 0. The van der Waals surface area contributed by atoms with E-state index in [9.17, 15) is 0 Å². The lowest BCUT2D eigenvalue weighted by atomic mass is 9.62. The molecule has 4 aromatic carbocycles. The molecule has 2 aliphatic carbocycles. The highest BCUT2D eigenvalue weighted by Crippen LogP contribution is 2.56. The quantitative estimate of drug-likeness (QED) is 0.337. The molecule has 2 aliphatic rings. The zero-order valence-corrected chi connectivity index (χ0v) is 15.8. The molecule has 0 bridgehead atoms. The second-order valence-corrected chi connectivity index (χ2v) is 8.04. The van der Waals surface area contributed by atoms with Crippen molar-refractivity contribution in [1.29, 1.82) is 0 Å². The van der Waals surface area contributed by atoms with E-state index in [2.05, 4.69) is 97.1 Å². The molecule has 0 spiro atoms. The van der Waals surface area contributed by atoms with Crippen LogP contribution in [0, 0.1) is 0 Å². The zero-order chi connectivity index (χ0) is 18.5. The van der Waals surface area contributed by atoms with Crippen molar-refractivity contribution >= 4 is 0 Å². The molecule has 0 aliphatic heterocycles. The topological polar surface area (TPSA) is 0 Å². The fourth-order valence-corrected chi connectivity index (χ4v) is 5.52. The van der Waals surface area contributed by atoms with Gasteiger partial charge in [0.1, 0.15) is 0 Å². The first-order chi connectivity index (χ1) is 13.9. The Balaban J connectivity index is 1.71. The van der Waals surface area contributed by atoms with Crippen LogP contribution in [0.2, 0.25) is 0 Å². The van der Waals surface area contributed by atoms with Gasteiger partial charge in [-0.15, -0.1) is 0 Å². The van der Waals surface area contributed by atoms with Crippen molar-refractivity contribution in [2.75, 3.05) is 0 Å². The average Bonchev–Trinajstić information content (AvgIpc) is 2.79. The molecule has 0 radical (unpaired) electrons. The van der Waals surface area contributed by atoms with Gasteiger partial charge in [0.25, 0.3) is 0 Å². The van der Waals surface area contributed by atoms with Crippen LogP contribution in [0.25, 0.3) is 22.3 Å². The van der Waals surface area contributed by atoms with Gasteiger partial charge in [0, 0.05) is 5.92 Å². The Kier molecular flexibility index (Phi) is 3.52. The first-order valence-electron chi connectivity index (χ1n) is 10.3. The molecule has 0 aromatic heterocycles. The molecule has 6 rings (SSSR count). The van der Waals surface area contributed by atoms with Crippen LogP contribution in [0.4, 0.5) is 0 Å². The number of hydrogen-bond acceptors (Lipinski definition) is 0. The second kappa shape index (κ2) is 6.21. The van der Waals surface area contributed by atoms with E-state index in [4.69, 9.17) is 0 Å². The Morgan fingerprint density at radius 1 is 0.536 bits per heavy atom. The van der Waals surface area contributed by atoms with Gasteiger partial charge in [0.15, 0.2) is 0 Å². The number of aryl methyl sites for hydroxylation is 1. The SMILES string of the molecule is c1ccc(-c2cccc3c2[C@H]2c4ccccc4CC[C@H]2c2ccccc2-3)cc1. The van der Waals surface area contributed by atoms with Gasteiger partial charge in [-0.3, -0.25) is 0 Å². The Bertz CT molecular complexity index is 1160. The molecule has 0 saturated carbocycles. The molecule has 0 heterocycles. The maximum Gasteiger partial charge on any atom is 0.0173 e. The Morgan fingerprint density at radius 2 is 1.21 bits per heavy atom. The number of rotatable bonds is 1. The summed E-state index contributed by atoms with van der Waals surface area (Å²) in [7, 11) is 0. The molecule has 2 atom stereocenters. The standard InChI is InChI=1S/C28H22/c1-2-9-19(10-3-1)22-15-8-16-25-23-13-6-7-14-24(23)26-18-17-20-11-4-5-12-21(20)28(26)27(22)25/h1-16,26,28H,17-18H2/t26-,28-/m0/s1. The molecule has 0 saturated heterocycles. The Morgan fingerprint density at radius 3 is 2.11 bits per heavy atom. The van der Waals surface area contributed by atoms with E-state index in [1.54, 1.807) is 0 Å². The zero-order valence-electron chi connectivity index (χ0n) is 15.8. The largest absolute Gasteiger partial charge is 0.0622 e. The minimum absolute atomic E-state index is 0.436. The van der Waals surface area contributed by atoms with E-state index in [0.717, 1.165) is 0 Å². The number of benzene rings is 4. The molecule has 0 heteroatoms. The van der Waals surface area contributed by atoms with E-state index >= 15 is 0 Å². The molecular formula is C28H22. The molecule has 0 N–H and O–H groups in total.